The van der Waals surface area contributed by atoms with Gasteiger partial charge in [-0.25, -0.2) is 17.8 Å². The summed E-state index contributed by atoms with van der Waals surface area (Å²) < 4.78 is 89.8. The predicted molar refractivity (Wildman–Crippen MR) is 111 cm³/mol. The van der Waals surface area contributed by atoms with Gasteiger partial charge in [0.25, 0.3) is 5.89 Å². The Morgan fingerprint density at radius 2 is 1.63 bits per heavy atom. The first kappa shape index (κ1) is 23.9. The van der Waals surface area contributed by atoms with Crippen molar-refractivity contribution in [2.24, 2.45) is 0 Å². The van der Waals surface area contributed by atoms with Crippen LogP contribution in [0.15, 0.2) is 75.1 Å². The lowest BCUT2D eigenvalue weighted by molar-refractivity contribution is -0.274. The molecule has 0 fully saturated rings. The van der Waals surface area contributed by atoms with Crippen molar-refractivity contribution in [3.63, 3.8) is 0 Å². The van der Waals surface area contributed by atoms with Crippen molar-refractivity contribution in [1.82, 2.24) is 15.1 Å². The molecule has 0 amide bonds. The summed E-state index contributed by atoms with van der Waals surface area (Å²) in [5.41, 5.74) is 5.86. The Kier molecular flexibility index (Phi) is 6.30. The van der Waals surface area contributed by atoms with Crippen LogP contribution in [0.5, 0.6) is 11.5 Å². The zero-order chi connectivity index (χ0) is 25.2. The third-order valence-electron chi connectivity index (χ3n) is 4.42. The largest absolute Gasteiger partial charge is 0.573 e. The van der Waals surface area contributed by atoms with Gasteiger partial charge in [-0.05, 0) is 54.6 Å². The Labute approximate surface area is 195 Å². The average Bonchev–Trinajstić information content (AvgIpc) is 3.26. The number of nitrogens with two attached hydrogens (primary N) is 1. The maximum absolute atomic E-state index is 13.0. The van der Waals surface area contributed by atoms with Gasteiger partial charge >= 0.3 is 6.36 Å². The van der Waals surface area contributed by atoms with E-state index < -0.39 is 27.8 Å². The topological polar surface area (TPSA) is 130 Å². The molecule has 0 saturated heterocycles. The van der Waals surface area contributed by atoms with E-state index in [1.807, 2.05) is 0 Å². The molecule has 0 saturated carbocycles. The van der Waals surface area contributed by atoms with E-state index in [1.165, 1.54) is 24.3 Å². The smallest absolute Gasteiger partial charge is 0.485 e. The average molecular weight is 510 g/mol. The van der Waals surface area contributed by atoms with E-state index in [0.29, 0.717) is 5.75 Å². The molecule has 0 spiro atoms. The van der Waals surface area contributed by atoms with Gasteiger partial charge < -0.3 is 19.7 Å². The van der Waals surface area contributed by atoms with Crippen molar-refractivity contribution in [3.8, 4) is 23.1 Å². The highest BCUT2D eigenvalue weighted by atomic mass is 32.2. The Balaban J connectivity index is 1.50. The van der Waals surface area contributed by atoms with Crippen LogP contribution in [0.1, 0.15) is 5.82 Å². The van der Waals surface area contributed by atoms with Gasteiger partial charge in [-0.3, -0.25) is 0 Å². The molecule has 0 radical (unpaired) electrons. The molecule has 2 heterocycles. The Morgan fingerprint density at radius 3 is 2.26 bits per heavy atom. The molecule has 182 valence electrons. The molecule has 2 aromatic heterocycles. The molecule has 0 atom stereocenters. The maximum Gasteiger partial charge on any atom is 0.573 e. The molecule has 0 aliphatic heterocycles. The number of nitrogens with zero attached hydrogens (tertiary/aromatic N) is 3. The van der Waals surface area contributed by atoms with Gasteiger partial charge in [-0.1, -0.05) is 5.16 Å². The Bertz CT molecular complexity index is 1440. The zero-order valence-corrected chi connectivity index (χ0v) is 18.2. The Morgan fingerprint density at radius 1 is 0.971 bits per heavy atom. The number of anilines is 1. The quantitative estimate of drug-likeness (QED) is 0.364. The lowest BCUT2D eigenvalue weighted by atomic mass is 10.3. The highest BCUT2D eigenvalue weighted by Gasteiger charge is 2.31. The van der Waals surface area contributed by atoms with Gasteiger partial charge in [-0.2, -0.15) is 4.98 Å². The fourth-order valence-electron chi connectivity index (χ4n) is 2.83. The number of aromatic nitrogens is 3. The number of benzene rings is 2. The van der Waals surface area contributed by atoms with Gasteiger partial charge in [0.05, 0.1) is 15.5 Å². The lowest BCUT2D eigenvalue weighted by Gasteiger charge is -2.10. The third-order valence-corrected chi connectivity index (χ3v) is 6.16. The number of ether oxygens (including phenoxy) is 2. The second-order valence-electron chi connectivity index (χ2n) is 6.89. The summed E-state index contributed by atoms with van der Waals surface area (Å²) >= 11 is 0. The molecule has 9 nitrogen and oxygen atoms in total. The van der Waals surface area contributed by atoms with E-state index in [1.54, 1.807) is 0 Å². The van der Waals surface area contributed by atoms with E-state index in [0.717, 1.165) is 36.5 Å². The maximum atomic E-state index is 13.0. The zero-order valence-electron chi connectivity index (χ0n) is 17.4. The summed E-state index contributed by atoms with van der Waals surface area (Å²) in [7, 11) is -4.15. The molecule has 4 rings (SSSR count). The Hall–Kier alpha value is -4.20. The molecule has 4 aromatic rings. The second-order valence-corrected chi connectivity index (χ2v) is 8.84. The first-order valence-corrected chi connectivity index (χ1v) is 11.1. The van der Waals surface area contributed by atoms with Gasteiger partial charge in [0.1, 0.15) is 17.3 Å². The lowest BCUT2D eigenvalue weighted by Crippen LogP contribution is -2.17. The van der Waals surface area contributed by atoms with E-state index in [9.17, 15) is 26.0 Å². The minimum Gasteiger partial charge on any atom is -0.485 e. The van der Waals surface area contributed by atoms with Crippen LogP contribution in [-0.2, 0) is 16.4 Å². The fourth-order valence-corrected chi connectivity index (χ4v) is 4.07. The van der Waals surface area contributed by atoms with Crippen molar-refractivity contribution in [3.05, 3.63) is 72.4 Å². The minimum absolute atomic E-state index is 0.0124. The van der Waals surface area contributed by atoms with Crippen molar-refractivity contribution < 1.29 is 40.0 Å². The number of halogens is 4. The summed E-state index contributed by atoms with van der Waals surface area (Å²) in [6, 6.07) is 10.1. The molecule has 0 aliphatic carbocycles. The molecular weight excluding hydrogens is 496 g/mol. The monoisotopic (exact) mass is 510 g/mol. The summed E-state index contributed by atoms with van der Waals surface area (Å²) in [5.74, 6) is -0.581. The van der Waals surface area contributed by atoms with Gasteiger partial charge in [-0.15, -0.1) is 13.2 Å². The minimum atomic E-state index is -4.91. The fraction of sp³-hybridized carbons (Fsp3) is 0.0952. The third kappa shape index (κ3) is 5.66. The van der Waals surface area contributed by atoms with Crippen LogP contribution >= 0.6 is 0 Å². The second kappa shape index (κ2) is 9.21. The number of hydrogen-bond donors (Lipinski definition) is 1. The van der Waals surface area contributed by atoms with E-state index in [-0.39, 0.29) is 39.5 Å². The summed E-state index contributed by atoms with van der Waals surface area (Å²) in [6.07, 6.45) is -3.91. The standard InChI is InChI=1S/C21H14F4N4O5S/c22-12-1-3-13(4-2-12)32-11-18-28-20(34-29-18)19-17(26)9-16(10-27-19)35(30,31)15-7-5-14(6-8-15)33-21(23,24)25/h1-10H,11,26H2. The molecule has 0 bridgehead atoms. The molecular formula is C21H14F4N4O5S. The van der Waals surface area contributed by atoms with E-state index in [4.69, 9.17) is 15.0 Å². The number of sulfone groups is 1. The number of rotatable bonds is 7. The number of pyridine rings is 1. The molecule has 2 aromatic carbocycles. The summed E-state index contributed by atoms with van der Waals surface area (Å²) in [6.45, 7) is -0.102. The first-order chi connectivity index (χ1) is 16.5. The number of hydrogen-bond acceptors (Lipinski definition) is 9. The van der Waals surface area contributed by atoms with Crippen LogP contribution in [0.3, 0.4) is 0 Å². The molecule has 2 N–H and O–H groups in total. The van der Waals surface area contributed by atoms with Crippen LogP contribution in [0, 0.1) is 5.82 Å². The summed E-state index contributed by atoms with van der Waals surface area (Å²) in [5, 5.41) is 3.73. The van der Waals surface area contributed by atoms with Crippen molar-refractivity contribution in [2.75, 3.05) is 5.73 Å². The van der Waals surface area contributed by atoms with Crippen molar-refractivity contribution in [2.45, 2.75) is 22.8 Å². The highest BCUT2D eigenvalue weighted by Crippen LogP contribution is 2.29. The van der Waals surface area contributed by atoms with Gasteiger partial charge in [0.15, 0.2) is 12.3 Å². The normalized spacial score (nSPS) is 11.9. The predicted octanol–water partition coefficient (Wildman–Crippen LogP) is 4.16. The van der Waals surface area contributed by atoms with Crippen LogP contribution in [-0.4, -0.2) is 29.9 Å². The first-order valence-electron chi connectivity index (χ1n) is 9.59. The summed E-state index contributed by atoms with van der Waals surface area (Å²) in [4.78, 5) is 7.48. The molecule has 0 aliphatic rings. The van der Waals surface area contributed by atoms with Crippen LogP contribution in [0.4, 0.5) is 23.2 Å². The van der Waals surface area contributed by atoms with Crippen molar-refractivity contribution in [1.29, 1.82) is 0 Å². The van der Waals surface area contributed by atoms with E-state index in [2.05, 4.69) is 19.9 Å². The SMILES string of the molecule is Nc1cc(S(=O)(=O)c2ccc(OC(F)(F)F)cc2)cnc1-c1nc(COc2ccc(F)cc2)no1. The highest BCUT2D eigenvalue weighted by molar-refractivity contribution is 7.91. The van der Waals surface area contributed by atoms with E-state index >= 15 is 0 Å². The number of nitrogen functional groups attached to an aromatic ring is 1. The molecule has 0 unspecified atom stereocenters. The number of alkyl halides is 3. The van der Waals surface area contributed by atoms with Crippen LogP contribution in [0.25, 0.3) is 11.6 Å². The van der Waals surface area contributed by atoms with Gasteiger partial charge in [0, 0.05) is 6.20 Å². The molecule has 35 heavy (non-hydrogen) atoms. The van der Waals surface area contributed by atoms with Gasteiger partial charge in [0.2, 0.25) is 15.7 Å². The van der Waals surface area contributed by atoms with Crippen LogP contribution in [0.2, 0.25) is 0 Å². The van der Waals surface area contributed by atoms with Crippen molar-refractivity contribution >= 4 is 15.5 Å². The van der Waals surface area contributed by atoms with Crippen LogP contribution < -0.4 is 15.2 Å². The molecule has 14 heteroatoms.